The van der Waals surface area contributed by atoms with Crippen LogP contribution in [0, 0.1) is 5.92 Å². The maximum absolute atomic E-state index is 4.38. The van der Waals surface area contributed by atoms with Gasteiger partial charge in [-0.05, 0) is 55.5 Å². The summed E-state index contributed by atoms with van der Waals surface area (Å²) < 4.78 is 0. The number of hydrogen-bond donors (Lipinski definition) is 1. The second-order valence-electron chi connectivity index (χ2n) is 6.46. The quantitative estimate of drug-likeness (QED) is 0.760. The summed E-state index contributed by atoms with van der Waals surface area (Å²) in [5.74, 6) is 2.82. The van der Waals surface area contributed by atoms with Gasteiger partial charge in [-0.25, -0.2) is 15.0 Å². The predicted molar refractivity (Wildman–Crippen MR) is 100 cm³/mol. The summed E-state index contributed by atoms with van der Waals surface area (Å²) in [6.45, 7) is 1.97. The van der Waals surface area contributed by atoms with E-state index in [9.17, 15) is 0 Å². The van der Waals surface area contributed by atoms with Gasteiger partial charge in [-0.1, -0.05) is 6.07 Å². The van der Waals surface area contributed by atoms with Crippen molar-refractivity contribution in [2.75, 3.05) is 23.3 Å². The summed E-state index contributed by atoms with van der Waals surface area (Å²) in [6, 6.07) is 11.6. The fourth-order valence-electron chi connectivity index (χ4n) is 3.27. The first kappa shape index (κ1) is 16.4. The third kappa shape index (κ3) is 4.11. The highest BCUT2D eigenvalue weighted by Gasteiger charge is 2.22. The lowest BCUT2D eigenvalue weighted by Gasteiger charge is -2.32. The molecule has 4 heterocycles. The van der Waals surface area contributed by atoms with Crippen LogP contribution in [0.5, 0.6) is 0 Å². The molecule has 0 spiro atoms. The minimum Gasteiger partial charge on any atom is -0.341 e. The van der Waals surface area contributed by atoms with Crippen molar-refractivity contribution < 1.29 is 0 Å². The first-order chi connectivity index (χ1) is 12.9. The Hall–Kier alpha value is -3.09. The van der Waals surface area contributed by atoms with E-state index in [1.165, 1.54) is 6.42 Å². The zero-order chi connectivity index (χ0) is 17.6. The number of piperidine rings is 1. The SMILES string of the molecule is c1ccc(Nc2ccc(CC3CCCN(c4ncccn4)C3)nn2)nc1. The second kappa shape index (κ2) is 7.86. The largest absolute Gasteiger partial charge is 0.341 e. The molecule has 0 aliphatic carbocycles. The zero-order valence-electron chi connectivity index (χ0n) is 14.5. The maximum Gasteiger partial charge on any atom is 0.225 e. The van der Waals surface area contributed by atoms with E-state index in [0.717, 1.165) is 43.4 Å². The van der Waals surface area contributed by atoms with Crippen molar-refractivity contribution in [1.82, 2.24) is 25.1 Å². The van der Waals surface area contributed by atoms with Gasteiger partial charge in [-0.3, -0.25) is 0 Å². The summed E-state index contributed by atoms with van der Waals surface area (Å²) in [4.78, 5) is 15.2. The molecule has 1 unspecified atom stereocenters. The van der Waals surface area contributed by atoms with Gasteiger partial charge in [0.2, 0.25) is 5.95 Å². The maximum atomic E-state index is 4.38. The summed E-state index contributed by atoms with van der Waals surface area (Å²) in [5.41, 5.74) is 1.01. The van der Waals surface area contributed by atoms with E-state index in [-0.39, 0.29) is 0 Å². The van der Waals surface area contributed by atoms with Crippen LogP contribution in [0.1, 0.15) is 18.5 Å². The molecule has 0 radical (unpaired) electrons. The van der Waals surface area contributed by atoms with Crippen molar-refractivity contribution in [1.29, 1.82) is 0 Å². The second-order valence-corrected chi connectivity index (χ2v) is 6.46. The van der Waals surface area contributed by atoms with Crippen molar-refractivity contribution in [3.63, 3.8) is 0 Å². The van der Waals surface area contributed by atoms with Crippen LogP contribution in [0.15, 0.2) is 55.0 Å². The molecule has 0 bridgehead atoms. The highest BCUT2D eigenvalue weighted by Crippen LogP contribution is 2.23. The molecule has 1 aliphatic heterocycles. The molecule has 3 aromatic rings. The van der Waals surface area contributed by atoms with Gasteiger partial charge < -0.3 is 10.2 Å². The van der Waals surface area contributed by atoms with E-state index in [1.807, 2.05) is 36.4 Å². The summed E-state index contributed by atoms with van der Waals surface area (Å²) in [6.07, 6.45) is 8.60. The molecule has 7 nitrogen and oxygen atoms in total. The zero-order valence-corrected chi connectivity index (χ0v) is 14.5. The molecule has 1 fully saturated rings. The van der Waals surface area contributed by atoms with E-state index in [0.29, 0.717) is 11.7 Å². The van der Waals surface area contributed by atoms with E-state index in [1.54, 1.807) is 18.6 Å². The fraction of sp³-hybridized carbons (Fsp3) is 0.316. The number of pyridine rings is 1. The number of nitrogens with one attached hydrogen (secondary N) is 1. The Morgan fingerprint density at radius 2 is 1.81 bits per heavy atom. The molecule has 1 N–H and O–H groups in total. The first-order valence-electron chi connectivity index (χ1n) is 8.89. The Morgan fingerprint density at radius 3 is 2.58 bits per heavy atom. The molecule has 1 aliphatic rings. The summed E-state index contributed by atoms with van der Waals surface area (Å²) in [5, 5.41) is 11.8. The van der Waals surface area contributed by atoms with E-state index in [2.05, 4.69) is 35.4 Å². The minimum atomic E-state index is 0.538. The standard InChI is InChI=1S/C19H21N7/c1-2-9-20-17(6-1)23-18-8-7-16(24-25-18)13-15-5-3-12-26(14-15)19-21-10-4-11-22-19/h1-2,4,6-11,15H,3,5,12-14H2,(H,20,23,25). The average Bonchev–Trinajstić information content (AvgIpc) is 2.71. The molecule has 4 rings (SSSR count). The highest BCUT2D eigenvalue weighted by atomic mass is 15.3. The average molecular weight is 347 g/mol. The lowest BCUT2D eigenvalue weighted by Crippen LogP contribution is -2.37. The lowest BCUT2D eigenvalue weighted by molar-refractivity contribution is 0.405. The van der Waals surface area contributed by atoms with Gasteiger partial charge in [0, 0.05) is 31.7 Å². The molecule has 0 amide bonds. The molecule has 7 heteroatoms. The highest BCUT2D eigenvalue weighted by molar-refractivity contribution is 5.50. The van der Waals surface area contributed by atoms with Crippen LogP contribution in [0.25, 0.3) is 0 Å². The van der Waals surface area contributed by atoms with Gasteiger partial charge in [-0.15, -0.1) is 5.10 Å². The Bertz CT molecular complexity index is 808. The number of nitrogens with zero attached hydrogens (tertiary/aromatic N) is 6. The molecule has 3 aromatic heterocycles. The molecule has 1 atom stereocenters. The van der Waals surface area contributed by atoms with Crippen LogP contribution in [-0.2, 0) is 6.42 Å². The van der Waals surface area contributed by atoms with Crippen molar-refractivity contribution in [2.45, 2.75) is 19.3 Å². The van der Waals surface area contributed by atoms with Crippen molar-refractivity contribution >= 4 is 17.6 Å². The van der Waals surface area contributed by atoms with Gasteiger partial charge in [-0.2, -0.15) is 5.10 Å². The molecule has 26 heavy (non-hydrogen) atoms. The van der Waals surface area contributed by atoms with Gasteiger partial charge in [0.05, 0.1) is 5.69 Å². The third-order valence-corrected chi connectivity index (χ3v) is 4.49. The Morgan fingerprint density at radius 1 is 0.923 bits per heavy atom. The molecular weight excluding hydrogens is 326 g/mol. The first-order valence-corrected chi connectivity index (χ1v) is 8.89. The number of anilines is 3. The number of hydrogen-bond acceptors (Lipinski definition) is 7. The van der Waals surface area contributed by atoms with Crippen LogP contribution >= 0.6 is 0 Å². The normalized spacial score (nSPS) is 17.1. The molecule has 0 aromatic carbocycles. The van der Waals surface area contributed by atoms with Crippen LogP contribution in [-0.4, -0.2) is 38.2 Å². The lowest BCUT2D eigenvalue weighted by atomic mass is 9.93. The summed E-state index contributed by atoms with van der Waals surface area (Å²) >= 11 is 0. The smallest absolute Gasteiger partial charge is 0.225 e. The van der Waals surface area contributed by atoms with Crippen molar-refractivity contribution in [2.24, 2.45) is 5.92 Å². The molecule has 0 saturated carbocycles. The minimum absolute atomic E-state index is 0.538. The van der Waals surface area contributed by atoms with Gasteiger partial charge in [0.25, 0.3) is 0 Å². The van der Waals surface area contributed by atoms with E-state index in [4.69, 9.17) is 0 Å². The van der Waals surface area contributed by atoms with Crippen LogP contribution in [0.3, 0.4) is 0 Å². The van der Waals surface area contributed by atoms with Crippen LogP contribution < -0.4 is 10.2 Å². The monoisotopic (exact) mass is 347 g/mol. The van der Waals surface area contributed by atoms with Gasteiger partial charge >= 0.3 is 0 Å². The molecule has 1 saturated heterocycles. The van der Waals surface area contributed by atoms with Gasteiger partial charge in [0.15, 0.2) is 5.82 Å². The van der Waals surface area contributed by atoms with Gasteiger partial charge in [0.1, 0.15) is 5.82 Å². The Kier molecular flexibility index (Phi) is 4.95. The Balaban J connectivity index is 1.36. The van der Waals surface area contributed by atoms with Crippen molar-refractivity contribution in [3.05, 3.63) is 60.7 Å². The van der Waals surface area contributed by atoms with Crippen molar-refractivity contribution in [3.8, 4) is 0 Å². The van der Waals surface area contributed by atoms with Crippen LogP contribution in [0.4, 0.5) is 17.6 Å². The van der Waals surface area contributed by atoms with E-state index < -0.39 is 0 Å². The topological polar surface area (TPSA) is 79.7 Å². The number of rotatable bonds is 5. The summed E-state index contributed by atoms with van der Waals surface area (Å²) in [7, 11) is 0. The van der Waals surface area contributed by atoms with E-state index >= 15 is 0 Å². The molecular formula is C19H21N7. The third-order valence-electron chi connectivity index (χ3n) is 4.49. The predicted octanol–water partition coefficient (Wildman–Crippen LogP) is 2.86. The van der Waals surface area contributed by atoms with Crippen LogP contribution in [0.2, 0.25) is 0 Å². The fourth-order valence-corrected chi connectivity index (χ4v) is 3.27. The molecule has 132 valence electrons. The number of aromatic nitrogens is 5. The Labute approximate surface area is 152 Å².